The van der Waals surface area contributed by atoms with Gasteiger partial charge in [-0.3, -0.25) is 9.88 Å². The molecule has 0 radical (unpaired) electrons. The van der Waals surface area contributed by atoms with Crippen LogP contribution in [-0.4, -0.2) is 41.3 Å². The van der Waals surface area contributed by atoms with E-state index in [1.807, 2.05) is 36.4 Å². The highest BCUT2D eigenvalue weighted by molar-refractivity contribution is 5.87. The van der Waals surface area contributed by atoms with Crippen LogP contribution in [0.15, 0.2) is 54.7 Å². The molecule has 4 rings (SSSR count). The number of pyridine rings is 1. The molecule has 0 spiro atoms. The van der Waals surface area contributed by atoms with Crippen LogP contribution in [0.25, 0.3) is 10.9 Å². The Hall–Kier alpha value is -2.87. The van der Waals surface area contributed by atoms with Crippen molar-refractivity contribution < 1.29 is 9.84 Å². The van der Waals surface area contributed by atoms with Crippen LogP contribution in [0.1, 0.15) is 16.7 Å². The molecular formula is C23H22N2O2. The van der Waals surface area contributed by atoms with Gasteiger partial charge in [-0.25, -0.2) is 0 Å². The molecule has 0 bridgehead atoms. The smallest absolute Gasteiger partial charge is 0.131 e. The molecule has 1 saturated heterocycles. The fraction of sp³-hybridized carbons (Fsp3) is 0.261. The lowest BCUT2D eigenvalue weighted by Gasteiger charge is -2.26. The number of aromatic hydroxyl groups is 1. The molecule has 0 amide bonds. The Morgan fingerprint density at radius 1 is 1.07 bits per heavy atom. The number of hydrogen-bond acceptors (Lipinski definition) is 4. The monoisotopic (exact) mass is 358 g/mol. The van der Waals surface area contributed by atoms with Crippen LogP contribution in [0.5, 0.6) is 5.75 Å². The van der Waals surface area contributed by atoms with Crippen molar-refractivity contribution in [3.8, 4) is 17.6 Å². The summed E-state index contributed by atoms with van der Waals surface area (Å²) in [6.07, 6.45) is 2.48. The van der Waals surface area contributed by atoms with E-state index in [1.165, 1.54) is 5.56 Å². The van der Waals surface area contributed by atoms with Gasteiger partial charge in [-0.05, 0) is 23.8 Å². The van der Waals surface area contributed by atoms with Gasteiger partial charge in [0, 0.05) is 48.8 Å². The van der Waals surface area contributed by atoms with Crippen LogP contribution in [0.3, 0.4) is 0 Å². The summed E-state index contributed by atoms with van der Waals surface area (Å²) < 4.78 is 5.39. The zero-order valence-corrected chi connectivity index (χ0v) is 15.2. The Balaban J connectivity index is 1.56. The molecule has 0 unspecified atom stereocenters. The standard InChI is InChI=1S/C23H22N2O2/c26-23-20(17-25-11-13-27-14-12-25)16-24-22-10-9-19(15-21(22)23)8-4-7-18-5-2-1-3-6-18/h1-3,5-6,9-10,15-16H,7,11-14,17H2,(H,24,26). The van der Waals surface area contributed by atoms with Gasteiger partial charge in [-0.2, -0.15) is 0 Å². The molecule has 1 aliphatic rings. The van der Waals surface area contributed by atoms with Crippen molar-refractivity contribution in [1.29, 1.82) is 0 Å². The molecule has 1 aromatic heterocycles. The fourth-order valence-corrected chi connectivity index (χ4v) is 3.26. The fourth-order valence-electron chi connectivity index (χ4n) is 3.26. The number of rotatable bonds is 3. The van der Waals surface area contributed by atoms with Crippen LogP contribution >= 0.6 is 0 Å². The lowest BCUT2D eigenvalue weighted by Crippen LogP contribution is -2.35. The second kappa shape index (κ2) is 8.22. The molecule has 3 aromatic rings. The van der Waals surface area contributed by atoms with Gasteiger partial charge in [0.15, 0.2) is 0 Å². The van der Waals surface area contributed by atoms with Gasteiger partial charge in [0.25, 0.3) is 0 Å². The van der Waals surface area contributed by atoms with E-state index < -0.39 is 0 Å². The van der Waals surface area contributed by atoms with Crippen LogP contribution in [0.2, 0.25) is 0 Å². The second-order valence-corrected chi connectivity index (χ2v) is 6.72. The van der Waals surface area contributed by atoms with Crippen LogP contribution in [0.4, 0.5) is 0 Å². The van der Waals surface area contributed by atoms with E-state index in [9.17, 15) is 5.11 Å². The molecule has 0 saturated carbocycles. The maximum Gasteiger partial charge on any atom is 0.131 e. The third-order valence-corrected chi connectivity index (χ3v) is 4.78. The van der Waals surface area contributed by atoms with Crippen molar-refractivity contribution in [1.82, 2.24) is 9.88 Å². The summed E-state index contributed by atoms with van der Waals surface area (Å²) in [5.74, 6) is 6.71. The highest BCUT2D eigenvalue weighted by atomic mass is 16.5. The summed E-state index contributed by atoms with van der Waals surface area (Å²) in [6.45, 7) is 3.92. The Bertz CT molecular complexity index is 984. The minimum atomic E-state index is 0.304. The number of morpholine rings is 1. The molecule has 27 heavy (non-hydrogen) atoms. The van der Waals surface area contributed by atoms with Crippen molar-refractivity contribution in [2.45, 2.75) is 13.0 Å². The largest absolute Gasteiger partial charge is 0.507 e. The first-order valence-corrected chi connectivity index (χ1v) is 9.23. The van der Waals surface area contributed by atoms with Crippen LogP contribution < -0.4 is 0 Å². The molecule has 0 atom stereocenters. The van der Waals surface area contributed by atoms with E-state index >= 15 is 0 Å². The van der Waals surface area contributed by atoms with E-state index in [0.717, 1.165) is 48.3 Å². The predicted molar refractivity (Wildman–Crippen MR) is 107 cm³/mol. The summed E-state index contributed by atoms with van der Waals surface area (Å²) in [7, 11) is 0. The first-order valence-electron chi connectivity index (χ1n) is 9.23. The van der Waals surface area contributed by atoms with E-state index in [-0.39, 0.29) is 0 Å². The lowest BCUT2D eigenvalue weighted by molar-refractivity contribution is 0.0339. The van der Waals surface area contributed by atoms with Gasteiger partial charge in [0.2, 0.25) is 0 Å². The SMILES string of the molecule is Oc1c(CN2CCOCC2)cnc2ccc(C#CCc3ccccc3)cc12. The second-order valence-electron chi connectivity index (χ2n) is 6.72. The number of fused-ring (bicyclic) bond motifs is 1. The van der Waals surface area contributed by atoms with Crippen LogP contribution in [0, 0.1) is 11.8 Å². The normalized spacial score (nSPS) is 14.7. The van der Waals surface area contributed by atoms with Crippen LogP contribution in [-0.2, 0) is 17.7 Å². The van der Waals surface area contributed by atoms with Crippen molar-refractivity contribution in [3.63, 3.8) is 0 Å². The third kappa shape index (κ3) is 4.28. The zero-order valence-electron chi connectivity index (χ0n) is 15.2. The molecule has 1 fully saturated rings. The highest BCUT2D eigenvalue weighted by Gasteiger charge is 2.15. The maximum absolute atomic E-state index is 10.8. The van der Waals surface area contributed by atoms with Crippen molar-refractivity contribution >= 4 is 10.9 Å². The molecule has 2 aromatic carbocycles. The minimum absolute atomic E-state index is 0.304. The summed E-state index contributed by atoms with van der Waals surface area (Å²) in [4.78, 5) is 6.78. The highest BCUT2D eigenvalue weighted by Crippen LogP contribution is 2.28. The summed E-state index contributed by atoms with van der Waals surface area (Å²) in [5, 5.41) is 11.5. The molecule has 0 aliphatic carbocycles. The Labute approximate surface area is 159 Å². The van der Waals surface area contributed by atoms with E-state index in [2.05, 4.69) is 33.9 Å². The van der Waals surface area contributed by atoms with E-state index in [1.54, 1.807) is 6.20 Å². The number of ether oxygens (including phenoxy) is 1. The molecule has 4 heteroatoms. The molecule has 1 N–H and O–H groups in total. The van der Waals surface area contributed by atoms with Crippen molar-refractivity contribution in [3.05, 3.63) is 71.4 Å². The van der Waals surface area contributed by atoms with Gasteiger partial charge < -0.3 is 9.84 Å². The molecule has 4 nitrogen and oxygen atoms in total. The number of hydrogen-bond donors (Lipinski definition) is 1. The van der Waals surface area contributed by atoms with Crippen molar-refractivity contribution in [2.75, 3.05) is 26.3 Å². The Morgan fingerprint density at radius 2 is 1.89 bits per heavy atom. The van der Waals surface area contributed by atoms with Gasteiger partial charge in [-0.15, -0.1) is 0 Å². The number of nitrogens with zero attached hydrogens (tertiary/aromatic N) is 2. The Kier molecular flexibility index (Phi) is 5.34. The molecule has 136 valence electrons. The first-order chi connectivity index (χ1) is 13.3. The average molecular weight is 358 g/mol. The maximum atomic E-state index is 10.8. The third-order valence-electron chi connectivity index (χ3n) is 4.78. The van der Waals surface area contributed by atoms with Crippen molar-refractivity contribution in [2.24, 2.45) is 0 Å². The summed E-state index contributed by atoms with van der Waals surface area (Å²) in [6, 6.07) is 16.0. The molecular weight excluding hydrogens is 336 g/mol. The number of benzene rings is 2. The molecule has 2 heterocycles. The topological polar surface area (TPSA) is 45.6 Å². The lowest BCUT2D eigenvalue weighted by atomic mass is 10.1. The number of aromatic nitrogens is 1. The Morgan fingerprint density at radius 3 is 2.70 bits per heavy atom. The zero-order chi connectivity index (χ0) is 18.5. The average Bonchev–Trinajstić information content (AvgIpc) is 2.72. The minimum Gasteiger partial charge on any atom is -0.507 e. The summed E-state index contributed by atoms with van der Waals surface area (Å²) >= 11 is 0. The van der Waals surface area contributed by atoms with Gasteiger partial charge in [-0.1, -0.05) is 42.2 Å². The summed E-state index contributed by atoms with van der Waals surface area (Å²) in [5.41, 5.74) is 3.72. The van der Waals surface area contributed by atoms with E-state index in [4.69, 9.17) is 4.74 Å². The molecule has 1 aliphatic heterocycles. The first kappa shape index (κ1) is 17.5. The van der Waals surface area contributed by atoms with Gasteiger partial charge >= 0.3 is 0 Å². The van der Waals surface area contributed by atoms with Gasteiger partial charge in [0.05, 0.1) is 18.7 Å². The quantitative estimate of drug-likeness (QED) is 0.729. The van der Waals surface area contributed by atoms with E-state index in [0.29, 0.717) is 18.7 Å². The van der Waals surface area contributed by atoms with Gasteiger partial charge in [0.1, 0.15) is 5.75 Å². The predicted octanol–water partition coefficient (Wildman–Crippen LogP) is 3.37.